The van der Waals surface area contributed by atoms with Crippen LogP contribution in [0.3, 0.4) is 0 Å². The Morgan fingerprint density at radius 2 is 1.88 bits per heavy atom. The topological polar surface area (TPSA) is 143 Å². The Labute approximate surface area is 234 Å². The summed E-state index contributed by atoms with van der Waals surface area (Å²) in [6.45, 7) is 5.36. The fourth-order valence-electron chi connectivity index (χ4n) is 5.21. The molecule has 1 amide bonds. The van der Waals surface area contributed by atoms with Crippen LogP contribution in [0.15, 0.2) is 42.5 Å². The van der Waals surface area contributed by atoms with Gasteiger partial charge in [-0.15, -0.1) is 0 Å². The number of nitriles is 1. The van der Waals surface area contributed by atoms with Crippen LogP contribution in [0, 0.1) is 11.3 Å². The first-order valence-corrected chi connectivity index (χ1v) is 13.6. The third-order valence-corrected chi connectivity index (χ3v) is 7.54. The first kappa shape index (κ1) is 28.9. The van der Waals surface area contributed by atoms with Crippen molar-refractivity contribution in [2.75, 3.05) is 32.8 Å². The number of rotatable bonds is 11. The first-order valence-electron chi connectivity index (χ1n) is 13.6. The number of Topliss-reactive ketones (excluding diaryl/α,β-unsaturated/α-hetero) is 1. The summed E-state index contributed by atoms with van der Waals surface area (Å²) in [5.41, 5.74) is 9.36. The van der Waals surface area contributed by atoms with Gasteiger partial charge in [0.1, 0.15) is 12.2 Å². The van der Waals surface area contributed by atoms with Crippen LogP contribution >= 0.6 is 0 Å². The van der Waals surface area contributed by atoms with Gasteiger partial charge in [-0.3, -0.25) is 14.4 Å². The average molecular weight is 545 g/mol. The molecule has 2 heterocycles. The number of fused-ring (bicyclic) bond motifs is 1. The van der Waals surface area contributed by atoms with E-state index in [0.717, 1.165) is 29.5 Å². The summed E-state index contributed by atoms with van der Waals surface area (Å²) in [6.07, 6.45) is 1.62. The van der Waals surface area contributed by atoms with Gasteiger partial charge in [0, 0.05) is 26.7 Å². The molecule has 4 rings (SSSR count). The molecule has 0 radical (unpaired) electrons. The highest BCUT2D eigenvalue weighted by Crippen LogP contribution is 2.31. The highest BCUT2D eigenvalue weighted by molar-refractivity contribution is 5.96. The lowest BCUT2D eigenvalue weighted by Gasteiger charge is -2.33. The normalized spacial score (nSPS) is 15.4. The molecule has 2 unspecified atom stereocenters. The van der Waals surface area contributed by atoms with Gasteiger partial charge in [0.15, 0.2) is 5.78 Å². The van der Waals surface area contributed by atoms with Crippen LogP contribution in [0.25, 0.3) is 11.0 Å². The smallest absolute Gasteiger partial charge is 0.313 e. The minimum Gasteiger partial charge on any atom is -0.466 e. The van der Waals surface area contributed by atoms with Crippen molar-refractivity contribution in [1.82, 2.24) is 19.8 Å². The van der Waals surface area contributed by atoms with Crippen LogP contribution < -0.4 is 11.1 Å². The van der Waals surface area contributed by atoms with Crippen molar-refractivity contribution < 1.29 is 19.1 Å². The molecule has 2 atom stereocenters. The maximum atomic E-state index is 13.8. The SMILES string of the molecule is CCOC(=O)CC(=O)CNCC(C)(C(=O)N1CCCC1)c1ccc2c(c1)nc(C(N)c1ccc(C#N)cc1)n2C. The van der Waals surface area contributed by atoms with Gasteiger partial charge in [-0.2, -0.15) is 5.26 Å². The fourth-order valence-corrected chi connectivity index (χ4v) is 5.21. The lowest BCUT2D eigenvalue weighted by Crippen LogP contribution is -2.50. The summed E-state index contributed by atoms with van der Waals surface area (Å²) in [7, 11) is 1.90. The molecule has 0 spiro atoms. The van der Waals surface area contributed by atoms with Gasteiger partial charge in [-0.1, -0.05) is 18.2 Å². The minimum atomic E-state index is -0.963. The number of benzene rings is 2. The van der Waals surface area contributed by atoms with E-state index in [9.17, 15) is 14.4 Å². The maximum absolute atomic E-state index is 13.8. The number of hydrogen-bond acceptors (Lipinski definition) is 8. The highest BCUT2D eigenvalue weighted by Gasteiger charge is 2.39. The number of nitrogens with one attached hydrogen (secondary N) is 1. The number of aryl methyl sites for hydroxylation is 1. The van der Waals surface area contributed by atoms with Gasteiger partial charge in [-0.25, -0.2) is 4.98 Å². The number of ketones is 1. The molecule has 210 valence electrons. The summed E-state index contributed by atoms with van der Waals surface area (Å²) >= 11 is 0. The number of aromatic nitrogens is 2. The number of imidazole rings is 1. The Hall–Kier alpha value is -4.07. The lowest BCUT2D eigenvalue weighted by molar-refractivity contribution is -0.145. The second-order valence-corrected chi connectivity index (χ2v) is 10.4. The Balaban J connectivity index is 1.61. The largest absolute Gasteiger partial charge is 0.466 e. The van der Waals surface area contributed by atoms with Gasteiger partial charge in [0.25, 0.3) is 0 Å². The van der Waals surface area contributed by atoms with Crippen LogP contribution in [0.2, 0.25) is 0 Å². The molecule has 1 saturated heterocycles. The third-order valence-electron chi connectivity index (χ3n) is 7.54. The number of amides is 1. The number of nitrogens with two attached hydrogens (primary N) is 1. The molecule has 10 heteroatoms. The quantitative estimate of drug-likeness (QED) is 0.277. The predicted molar refractivity (Wildman–Crippen MR) is 150 cm³/mol. The van der Waals surface area contributed by atoms with Crippen molar-refractivity contribution in [3.05, 3.63) is 65.0 Å². The number of ether oxygens (including phenoxy) is 1. The molecule has 40 heavy (non-hydrogen) atoms. The summed E-state index contributed by atoms with van der Waals surface area (Å²) in [6, 6.07) is 14.5. The minimum absolute atomic E-state index is 0.0138. The molecular formula is C30H36N6O4. The molecule has 1 aliphatic heterocycles. The van der Waals surface area contributed by atoms with E-state index in [-0.39, 0.29) is 37.8 Å². The van der Waals surface area contributed by atoms with E-state index in [1.807, 2.05) is 53.8 Å². The fraction of sp³-hybridized carbons (Fsp3) is 0.433. The number of carbonyl (C=O) groups excluding carboxylic acids is 3. The van der Waals surface area contributed by atoms with Crippen molar-refractivity contribution in [3.63, 3.8) is 0 Å². The van der Waals surface area contributed by atoms with Crippen LogP contribution in [-0.4, -0.2) is 64.9 Å². The number of hydrogen-bond donors (Lipinski definition) is 2. The van der Waals surface area contributed by atoms with E-state index in [4.69, 9.17) is 20.7 Å². The number of nitrogens with zero attached hydrogens (tertiary/aromatic N) is 4. The van der Waals surface area contributed by atoms with Gasteiger partial charge in [-0.05, 0) is 62.1 Å². The molecule has 1 fully saturated rings. The molecule has 1 aromatic heterocycles. The van der Waals surface area contributed by atoms with Crippen LogP contribution in [0.5, 0.6) is 0 Å². The molecular weight excluding hydrogens is 508 g/mol. The molecule has 2 aromatic carbocycles. The highest BCUT2D eigenvalue weighted by atomic mass is 16.5. The van der Waals surface area contributed by atoms with Crippen LogP contribution in [0.1, 0.15) is 61.7 Å². The van der Waals surface area contributed by atoms with Crippen LogP contribution in [0.4, 0.5) is 0 Å². The molecule has 10 nitrogen and oxygen atoms in total. The lowest BCUT2D eigenvalue weighted by atomic mass is 9.80. The molecule has 0 aliphatic carbocycles. The predicted octanol–water partition coefficient (Wildman–Crippen LogP) is 2.49. The number of likely N-dealkylation sites (tertiary alicyclic amines) is 1. The molecule has 0 bridgehead atoms. The van der Waals surface area contributed by atoms with Crippen molar-refractivity contribution in [1.29, 1.82) is 5.26 Å². The zero-order chi connectivity index (χ0) is 28.9. The molecule has 0 saturated carbocycles. The second kappa shape index (κ2) is 12.4. The average Bonchev–Trinajstić information content (AvgIpc) is 3.60. The Bertz CT molecular complexity index is 1430. The van der Waals surface area contributed by atoms with Crippen LogP contribution in [-0.2, 0) is 31.6 Å². The number of carbonyl (C=O) groups is 3. The number of esters is 1. The van der Waals surface area contributed by atoms with Crippen molar-refractivity contribution in [3.8, 4) is 6.07 Å². The Morgan fingerprint density at radius 3 is 2.52 bits per heavy atom. The van der Waals surface area contributed by atoms with E-state index in [1.54, 1.807) is 19.1 Å². The van der Waals surface area contributed by atoms with E-state index < -0.39 is 17.4 Å². The van der Waals surface area contributed by atoms with E-state index >= 15 is 0 Å². The summed E-state index contributed by atoms with van der Waals surface area (Å²) in [4.78, 5) is 44.5. The summed E-state index contributed by atoms with van der Waals surface area (Å²) in [5, 5.41) is 12.2. The van der Waals surface area contributed by atoms with Gasteiger partial charge < -0.3 is 25.3 Å². The summed E-state index contributed by atoms with van der Waals surface area (Å²) < 4.78 is 6.80. The Kier molecular flexibility index (Phi) is 8.97. The zero-order valence-electron chi connectivity index (χ0n) is 23.3. The molecule has 3 aromatic rings. The molecule has 1 aliphatic rings. The van der Waals surface area contributed by atoms with E-state index in [1.165, 1.54) is 0 Å². The van der Waals surface area contributed by atoms with Gasteiger partial charge in [0.05, 0.1) is 47.3 Å². The monoisotopic (exact) mass is 544 g/mol. The standard InChI is InChI=1S/C30H36N6O4/c1-4-40-26(38)16-23(37)18-33-19-30(2,29(39)36-13-5-6-14-36)22-11-12-25-24(15-22)34-28(35(25)3)27(32)21-9-7-20(17-31)8-10-21/h7-12,15,27,33H,4-6,13-14,16,18-19,32H2,1-3H3. The first-order chi connectivity index (χ1) is 19.2. The maximum Gasteiger partial charge on any atom is 0.313 e. The van der Waals surface area contributed by atoms with Crippen molar-refractivity contribution >= 4 is 28.7 Å². The second-order valence-electron chi connectivity index (χ2n) is 10.4. The Morgan fingerprint density at radius 1 is 1.18 bits per heavy atom. The van der Waals surface area contributed by atoms with E-state index in [2.05, 4.69) is 11.4 Å². The summed E-state index contributed by atoms with van der Waals surface area (Å²) in [5.74, 6) is -0.205. The van der Waals surface area contributed by atoms with Gasteiger partial charge >= 0.3 is 5.97 Å². The van der Waals surface area contributed by atoms with E-state index in [0.29, 0.717) is 30.0 Å². The van der Waals surface area contributed by atoms with Gasteiger partial charge in [0.2, 0.25) is 5.91 Å². The van der Waals surface area contributed by atoms with Crippen molar-refractivity contribution in [2.45, 2.75) is 44.6 Å². The van der Waals surface area contributed by atoms with Crippen molar-refractivity contribution in [2.24, 2.45) is 12.8 Å². The molecule has 3 N–H and O–H groups in total. The third kappa shape index (κ3) is 6.06. The zero-order valence-corrected chi connectivity index (χ0v) is 23.3.